The largest absolute Gasteiger partial charge is 0.489 e. The number of ether oxygens (including phenoxy) is 1. The van der Waals surface area contributed by atoms with Crippen molar-refractivity contribution in [3.05, 3.63) is 27.7 Å². The van der Waals surface area contributed by atoms with Crippen molar-refractivity contribution in [3.8, 4) is 5.75 Å². The van der Waals surface area contributed by atoms with Gasteiger partial charge in [-0.3, -0.25) is 0 Å². The lowest BCUT2D eigenvalue weighted by atomic mass is 10.2. The number of hydrogen-bond donors (Lipinski definition) is 2. The average molecular weight is 292 g/mol. The number of aliphatic hydroxyl groups is 1. The Morgan fingerprint density at radius 2 is 2.06 bits per heavy atom. The zero-order valence-corrected chi connectivity index (χ0v) is 12.2. The van der Waals surface area contributed by atoms with Crippen molar-refractivity contribution in [3.63, 3.8) is 0 Å². The highest BCUT2D eigenvalue weighted by molar-refractivity contribution is 6.35. The predicted octanol–water partition coefficient (Wildman–Crippen LogP) is 3.25. The molecule has 1 aromatic carbocycles. The van der Waals surface area contributed by atoms with Gasteiger partial charge in [-0.25, -0.2) is 0 Å². The minimum Gasteiger partial charge on any atom is -0.489 e. The monoisotopic (exact) mass is 291 g/mol. The molecule has 18 heavy (non-hydrogen) atoms. The molecule has 0 saturated carbocycles. The highest BCUT2D eigenvalue weighted by Crippen LogP contribution is 2.33. The van der Waals surface area contributed by atoms with E-state index in [1.54, 1.807) is 6.07 Å². The van der Waals surface area contributed by atoms with Crippen LogP contribution in [0.15, 0.2) is 12.1 Å². The summed E-state index contributed by atoms with van der Waals surface area (Å²) in [4.78, 5) is 0. The van der Waals surface area contributed by atoms with E-state index in [0.29, 0.717) is 28.8 Å². The van der Waals surface area contributed by atoms with E-state index in [0.717, 1.165) is 12.1 Å². The van der Waals surface area contributed by atoms with Crippen LogP contribution < -0.4 is 10.1 Å². The summed E-state index contributed by atoms with van der Waals surface area (Å²) in [7, 11) is 0. The van der Waals surface area contributed by atoms with E-state index in [2.05, 4.69) is 5.32 Å². The number of rotatable bonds is 7. The van der Waals surface area contributed by atoms with Gasteiger partial charge in [0.2, 0.25) is 0 Å². The zero-order chi connectivity index (χ0) is 13.5. The Hall–Kier alpha value is -0.480. The molecule has 0 spiro atoms. The van der Waals surface area contributed by atoms with Crippen LogP contribution in [0.5, 0.6) is 5.75 Å². The fraction of sp³-hybridized carbons (Fsp3) is 0.538. The van der Waals surface area contributed by atoms with Gasteiger partial charge < -0.3 is 15.2 Å². The highest BCUT2D eigenvalue weighted by atomic mass is 35.5. The Morgan fingerprint density at radius 1 is 1.33 bits per heavy atom. The number of benzene rings is 1. The van der Waals surface area contributed by atoms with E-state index in [1.807, 2.05) is 19.9 Å². The maximum Gasteiger partial charge on any atom is 0.142 e. The summed E-state index contributed by atoms with van der Waals surface area (Å²) < 4.78 is 5.71. The van der Waals surface area contributed by atoms with Crippen LogP contribution in [0.3, 0.4) is 0 Å². The molecule has 0 aliphatic rings. The zero-order valence-electron chi connectivity index (χ0n) is 10.7. The fourth-order valence-corrected chi connectivity index (χ4v) is 2.12. The first kappa shape index (κ1) is 15.6. The topological polar surface area (TPSA) is 41.5 Å². The van der Waals surface area contributed by atoms with E-state index in [-0.39, 0.29) is 12.7 Å². The van der Waals surface area contributed by atoms with Crippen LogP contribution in [0, 0.1) is 0 Å². The summed E-state index contributed by atoms with van der Waals surface area (Å²) in [5.74, 6) is 0.674. The molecule has 0 radical (unpaired) electrons. The van der Waals surface area contributed by atoms with Crippen molar-refractivity contribution in [1.82, 2.24) is 5.32 Å². The van der Waals surface area contributed by atoms with E-state index < -0.39 is 0 Å². The summed E-state index contributed by atoms with van der Waals surface area (Å²) in [6.07, 6.45) is 0.772. The Kier molecular flexibility index (Phi) is 6.79. The molecule has 0 heterocycles. The van der Waals surface area contributed by atoms with E-state index in [1.165, 1.54) is 0 Å². The predicted molar refractivity (Wildman–Crippen MR) is 75.6 cm³/mol. The molecule has 0 aromatic heterocycles. The van der Waals surface area contributed by atoms with Gasteiger partial charge in [0.05, 0.1) is 11.1 Å². The molecule has 0 amide bonds. The Morgan fingerprint density at radius 3 is 2.67 bits per heavy atom. The van der Waals surface area contributed by atoms with E-state index in [4.69, 9.17) is 33.0 Å². The third-order valence-corrected chi connectivity index (χ3v) is 2.76. The van der Waals surface area contributed by atoms with E-state index >= 15 is 0 Å². The number of hydrogen-bond acceptors (Lipinski definition) is 3. The maximum absolute atomic E-state index is 8.72. The maximum atomic E-state index is 8.72. The van der Waals surface area contributed by atoms with Gasteiger partial charge in [-0.05, 0) is 38.9 Å². The van der Waals surface area contributed by atoms with Crippen molar-refractivity contribution < 1.29 is 9.84 Å². The molecule has 0 unspecified atom stereocenters. The lowest BCUT2D eigenvalue weighted by Gasteiger charge is -2.16. The molecular weight excluding hydrogens is 273 g/mol. The molecule has 2 N–H and O–H groups in total. The first-order valence-corrected chi connectivity index (χ1v) is 6.76. The Bertz CT molecular complexity index is 383. The van der Waals surface area contributed by atoms with Crippen molar-refractivity contribution >= 4 is 23.2 Å². The van der Waals surface area contributed by atoms with Gasteiger partial charge in [-0.15, -0.1) is 0 Å². The summed E-state index contributed by atoms with van der Waals surface area (Å²) in [6, 6.07) is 3.52. The van der Waals surface area contributed by atoms with Crippen LogP contribution in [0.25, 0.3) is 0 Å². The third kappa shape index (κ3) is 5.02. The van der Waals surface area contributed by atoms with Gasteiger partial charge in [0.15, 0.2) is 0 Å². The van der Waals surface area contributed by atoms with Crippen LogP contribution in [0.2, 0.25) is 10.0 Å². The lowest BCUT2D eigenvalue weighted by molar-refractivity contribution is 0.239. The van der Waals surface area contributed by atoms with Crippen molar-refractivity contribution in [1.29, 1.82) is 0 Å². The molecule has 1 rings (SSSR count). The van der Waals surface area contributed by atoms with Crippen molar-refractivity contribution in [2.75, 3.05) is 13.2 Å². The lowest BCUT2D eigenvalue weighted by Crippen LogP contribution is -2.17. The number of aliphatic hydroxyl groups excluding tert-OH is 1. The number of halogens is 2. The van der Waals surface area contributed by atoms with Gasteiger partial charge in [0.1, 0.15) is 5.75 Å². The van der Waals surface area contributed by atoms with Gasteiger partial charge in [-0.2, -0.15) is 0 Å². The molecular formula is C13H19Cl2NO2. The SMILES string of the molecule is CC(C)Oc1c(Cl)cc(Cl)cc1CNCCCO. The Balaban J connectivity index is 2.79. The Labute approximate surface area is 118 Å². The fourth-order valence-electron chi connectivity index (χ4n) is 1.54. The van der Waals surface area contributed by atoms with Crippen molar-refractivity contribution in [2.24, 2.45) is 0 Å². The second kappa shape index (κ2) is 7.85. The number of nitrogens with one attached hydrogen (secondary N) is 1. The minimum atomic E-state index is 0.0554. The summed E-state index contributed by atoms with van der Waals surface area (Å²) in [5.41, 5.74) is 0.930. The van der Waals surface area contributed by atoms with Crippen LogP contribution in [0.1, 0.15) is 25.8 Å². The average Bonchev–Trinajstić information content (AvgIpc) is 2.28. The molecule has 0 aliphatic heterocycles. The normalized spacial score (nSPS) is 11.0. The molecule has 1 aromatic rings. The van der Waals surface area contributed by atoms with Crippen LogP contribution in [-0.4, -0.2) is 24.4 Å². The third-order valence-electron chi connectivity index (χ3n) is 2.27. The molecule has 5 heteroatoms. The van der Waals surface area contributed by atoms with Gasteiger partial charge in [-0.1, -0.05) is 23.2 Å². The molecule has 0 fully saturated rings. The second-order valence-corrected chi connectivity index (χ2v) is 5.14. The highest BCUT2D eigenvalue weighted by Gasteiger charge is 2.11. The minimum absolute atomic E-state index is 0.0554. The van der Waals surface area contributed by atoms with Crippen LogP contribution in [-0.2, 0) is 6.54 Å². The first-order chi connectivity index (χ1) is 8.54. The molecule has 0 bridgehead atoms. The molecule has 3 nitrogen and oxygen atoms in total. The standard InChI is InChI=1S/C13H19Cl2NO2/c1-9(2)18-13-10(8-16-4-3-5-17)6-11(14)7-12(13)15/h6-7,9,16-17H,3-5,8H2,1-2H3. The van der Waals surface area contributed by atoms with Gasteiger partial charge in [0, 0.05) is 23.7 Å². The van der Waals surface area contributed by atoms with Crippen LogP contribution >= 0.6 is 23.2 Å². The molecule has 102 valence electrons. The summed E-state index contributed by atoms with van der Waals surface area (Å²) in [5, 5.41) is 13.0. The smallest absolute Gasteiger partial charge is 0.142 e. The molecule has 0 saturated heterocycles. The summed E-state index contributed by atoms with van der Waals surface area (Å²) in [6.45, 7) is 5.44. The molecule has 0 atom stereocenters. The van der Waals surface area contributed by atoms with Gasteiger partial charge in [0.25, 0.3) is 0 Å². The van der Waals surface area contributed by atoms with E-state index in [9.17, 15) is 0 Å². The van der Waals surface area contributed by atoms with Gasteiger partial charge >= 0.3 is 0 Å². The van der Waals surface area contributed by atoms with Crippen LogP contribution in [0.4, 0.5) is 0 Å². The molecule has 0 aliphatic carbocycles. The van der Waals surface area contributed by atoms with Crippen molar-refractivity contribution in [2.45, 2.75) is 32.9 Å². The first-order valence-electron chi connectivity index (χ1n) is 6.00. The second-order valence-electron chi connectivity index (χ2n) is 4.30. The summed E-state index contributed by atoms with van der Waals surface area (Å²) >= 11 is 12.1. The quantitative estimate of drug-likeness (QED) is 0.758.